The van der Waals surface area contributed by atoms with E-state index in [4.69, 9.17) is 0 Å². The molecule has 2 rings (SSSR count). The van der Waals surface area contributed by atoms with Crippen LogP contribution >= 0.6 is 0 Å². The van der Waals surface area contributed by atoms with E-state index in [9.17, 15) is 0 Å². The van der Waals surface area contributed by atoms with Gasteiger partial charge in [0.15, 0.2) is 0 Å². The molecule has 1 N–H and O–H groups in total. The zero-order valence-corrected chi connectivity index (χ0v) is 8.46. The van der Waals surface area contributed by atoms with Crippen molar-refractivity contribution in [2.75, 3.05) is 5.43 Å². The molecule has 1 aliphatic rings. The van der Waals surface area contributed by atoms with Crippen molar-refractivity contribution in [2.24, 2.45) is 5.41 Å². The molecule has 1 atom stereocenters. The number of nitrogens with zero attached hydrogens (tertiary/aromatic N) is 1. The van der Waals surface area contributed by atoms with Crippen LogP contribution in [0.5, 0.6) is 0 Å². The van der Waals surface area contributed by atoms with Crippen LogP contribution in [0.1, 0.15) is 33.1 Å². The number of hydrogen-bond donors (Lipinski definition) is 1. The predicted octanol–water partition coefficient (Wildman–Crippen LogP) is 2.61. The van der Waals surface area contributed by atoms with E-state index < -0.39 is 0 Å². The summed E-state index contributed by atoms with van der Waals surface area (Å²) in [6.45, 7) is 4.70. The molecule has 0 amide bonds. The molecule has 0 saturated heterocycles. The maximum absolute atomic E-state index is 3.53. The lowest BCUT2D eigenvalue weighted by molar-refractivity contribution is 0.334. The Kier molecular flexibility index (Phi) is 2.06. The van der Waals surface area contributed by atoms with Crippen molar-refractivity contribution in [3.8, 4) is 0 Å². The van der Waals surface area contributed by atoms with Crippen LogP contribution in [0, 0.1) is 5.41 Å². The fraction of sp³-hybridized carbons (Fsp3) is 0.636. The summed E-state index contributed by atoms with van der Waals surface area (Å²) < 4.78 is 2.07. The Hall–Kier alpha value is -0.920. The van der Waals surface area contributed by atoms with Crippen LogP contribution < -0.4 is 5.43 Å². The van der Waals surface area contributed by atoms with Gasteiger partial charge in [0.2, 0.25) is 0 Å². The van der Waals surface area contributed by atoms with Gasteiger partial charge in [-0.05, 0) is 30.4 Å². The molecular formula is C11H18N2. The lowest BCUT2D eigenvalue weighted by atomic mass is 9.88. The third-order valence-corrected chi connectivity index (χ3v) is 3.17. The Bertz CT molecular complexity index is 262. The van der Waals surface area contributed by atoms with Crippen LogP contribution in [-0.4, -0.2) is 10.7 Å². The summed E-state index contributed by atoms with van der Waals surface area (Å²) in [4.78, 5) is 0. The topological polar surface area (TPSA) is 17.0 Å². The molecule has 1 aromatic rings. The number of aromatic nitrogens is 1. The standard InChI is InChI=1S/C11H18N2/c1-11(2)7-5-6-10(11)12-13-8-3-4-9-13/h3-4,8-10,12H,5-7H2,1-2H3. The van der Waals surface area contributed by atoms with Crippen molar-refractivity contribution in [3.05, 3.63) is 24.5 Å². The molecule has 13 heavy (non-hydrogen) atoms. The summed E-state index contributed by atoms with van der Waals surface area (Å²) in [6.07, 6.45) is 8.12. The van der Waals surface area contributed by atoms with E-state index in [1.807, 2.05) is 0 Å². The first kappa shape index (κ1) is 8.67. The third-order valence-electron chi connectivity index (χ3n) is 3.17. The van der Waals surface area contributed by atoms with Gasteiger partial charge in [0.1, 0.15) is 0 Å². The summed E-state index contributed by atoms with van der Waals surface area (Å²) in [5, 5.41) is 0. The highest BCUT2D eigenvalue weighted by molar-refractivity contribution is 5.01. The van der Waals surface area contributed by atoms with Gasteiger partial charge < -0.3 is 5.43 Å². The first-order valence-corrected chi connectivity index (χ1v) is 5.08. The van der Waals surface area contributed by atoms with Crippen LogP contribution in [-0.2, 0) is 0 Å². The fourth-order valence-corrected chi connectivity index (χ4v) is 2.17. The quantitative estimate of drug-likeness (QED) is 0.736. The molecule has 1 aromatic heterocycles. The zero-order valence-electron chi connectivity index (χ0n) is 8.46. The van der Waals surface area contributed by atoms with Gasteiger partial charge in [0.25, 0.3) is 0 Å². The van der Waals surface area contributed by atoms with Crippen molar-refractivity contribution < 1.29 is 0 Å². The SMILES string of the molecule is CC1(C)CCCC1Nn1cccc1. The second-order valence-electron chi connectivity index (χ2n) is 4.65. The molecule has 0 radical (unpaired) electrons. The Morgan fingerprint density at radius 2 is 2.00 bits per heavy atom. The normalized spacial score (nSPS) is 26.2. The largest absolute Gasteiger partial charge is 0.323 e. The van der Waals surface area contributed by atoms with Gasteiger partial charge in [0, 0.05) is 18.4 Å². The second kappa shape index (κ2) is 3.09. The summed E-state index contributed by atoms with van der Waals surface area (Å²) in [5.41, 5.74) is 3.98. The Labute approximate surface area is 79.9 Å². The highest BCUT2D eigenvalue weighted by Gasteiger charge is 2.34. The molecule has 2 heteroatoms. The van der Waals surface area contributed by atoms with Crippen LogP contribution in [0.15, 0.2) is 24.5 Å². The molecule has 1 fully saturated rings. The fourth-order valence-electron chi connectivity index (χ4n) is 2.17. The van der Waals surface area contributed by atoms with E-state index in [1.54, 1.807) is 0 Å². The van der Waals surface area contributed by atoms with Crippen molar-refractivity contribution in [1.82, 2.24) is 4.68 Å². The third kappa shape index (κ3) is 1.71. The van der Waals surface area contributed by atoms with Crippen LogP contribution in [0.2, 0.25) is 0 Å². The molecule has 0 bridgehead atoms. The van der Waals surface area contributed by atoms with E-state index in [0.717, 1.165) is 0 Å². The molecular weight excluding hydrogens is 160 g/mol. The Morgan fingerprint density at radius 3 is 2.54 bits per heavy atom. The minimum Gasteiger partial charge on any atom is -0.323 e. The monoisotopic (exact) mass is 178 g/mol. The summed E-state index contributed by atoms with van der Waals surface area (Å²) in [5.74, 6) is 0. The Morgan fingerprint density at radius 1 is 1.31 bits per heavy atom. The number of hydrogen-bond acceptors (Lipinski definition) is 1. The molecule has 72 valence electrons. The average molecular weight is 178 g/mol. The van der Waals surface area contributed by atoms with E-state index in [0.29, 0.717) is 11.5 Å². The molecule has 2 nitrogen and oxygen atoms in total. The summed E-state index contributed by atoms with van der Waals surface area (Å²) >= 11 is 0. The Balaban J connectivity index is 2.02. The minimum absolute atomic E-state index is 0.449. The maximum Gasteiger partial charge on any atom is 0.0475 e. The molecule has 0 aromatic carbocycles. The summed E-state index contributed by atoms with van der Waals surface area (Å²) in [7, 11) is 0. The lowest BCUT2D eigenvalue weighted by Crippen LogP contribution is -2.35. The number of nitrogens with one attached hydrogen (secondary N) is 1. The maximum atomic E-state index is 3.53. The van der Waals surface area contributed by atoms with Crippen LogP contribution in [0.4, 0.5) is 0 Å². The van der Waals surface area contributed by atoms with E-state index in [-0.39, 0.29) is 0 Å². The van der Waals surface area contributed by atoms with Crippen LogP contribution in [0.3, 0.4) is 0 Å². The van der Waals surface area contributed by atoms with Crippen LogP contribution in [0.25, 0.3) is 0 Å². The highest BCUT2D eigenvalue weighted by atomic mass is 15.4. The zero-order chi connectivity index (χ0) is 9.31. The molecule has 0 aliphatic heterocycles. The minimum atomic E-state index is 0.449. The smallest absolute Gasteiger partial charge is 0.0475 e. The number of rotatable bonds is 2. The molecule has 0 spiro atoms. The van der Waals surface area contributed by atoms with Crippen molar-refractivity contribution in [1.29, 1.82) is 0 Å². The van der Waals surface area contributed by atoms with E-state index >= 15 is 0 Å². The first-order chi connectivity index (χ1) is 6.18. The lowest BCUT2D eigenvalue weighted by Gasteiger charge is -2.28. The van der Waals surface area contributed by atoms with Crippen molar-refractivity contribution >= 4 is 0 Å². The highest BCUT2D eigenvalue weighted by Crippen LogP contribution is 2.37. The van der Waals surface area contributed by atoms with Gasteiger partial charge in [-0.15, -0.1) is 0 Å². The summed E-state index contributed by atoms with van der Waals surface area (Å²) in [6, 6.07) is 4.73. The van der Waals surface area contributed by atoms with Gasteiger partial charge in [-0.25, -0.2) is 0 Å². The first-order valence-electron chi connectivity index (χ1n) is 5.08. The molecule has 1 unspecified atom stereocenters. The van der Waals surface area contributed by atoms with Gasteiger partial charge in [-0.3, -0.25) is 4.68 Å². The van der Waals surface area contributed by atoms with Gasteiger partial charge >= 0.3 is 0 Å². The molecule has 1 saturated carbocycles. The van der Waals surface area contributed by atoms with E-state index in [2.05, 4.69) is 48.5 Å². The van der Waals surface area contributed by atoms with Crippen molar-refractivity contribution in [2.45, 2.75) is 39.2 Å². The second-order valence-corrected chi connectivity index (χ2v) is 4.65. The van der Waals surface area contributed by atoms with Gasteiger partial charge in [-0.1, -0.05) is 20.3 Å². The predicted molar refractivity (Wildman–Crippen MR) is 55.2 cm³/mol. The average Bonchev–Trinajstić information content (AvgIpc) is 2.63. The van der Waals surface area contributed by atoms with Crippen molar-refractivity contribution in [3.63, 3.8) is 0 Å². The van der Waals surface area contributed by atoms with Gasteiger partial charge in [-0.2, -0.15) is 0 Å². The molecule has 1 heterocycles. The van der Waals surface area contributed by atoms with E-state index in [1.165, 1.54) is 19.3 Å². The molecule has 1 aliphatic carbocycles. The van der Waals surface area contributed by atoms with Gasteiger partial charge in [0.05, 0.1) is 0 Å².